The molecule has 2 N–H and O–H groups in total. The molecule has 0 spiro atoms. The zero-order chi connectivity index (χ0) is 19.3. The van der Waals surface area contributed by atoms with Gasteiger partial charge in [0.05, 0.1) is 17.3 Å². The average Bonchev–Trinajstić information content (AvgIpc) is 3.14. The van der Waals surface area contributed by atoms with Crippen LogP contribution in [0.1, 0.15) is 33.4 Å². The van der Waals surface area contributed by atoms with E-state index in [0.717, 1.165) is 6.07 Å². The van der Waals surface area contributed by atoms with Crippen LogP contribution in [0.2, 0.25) is 0 Å². The predicted molar refractivity (Wildman–Crippen MR) is 93.8 cm³/mol. The van der Waals surface area contributed by atoms with Crippen molar-refractivity contribution < 1.29 is 18.0 Å². The van der Waals surface area contributed by atoms with Gasteiger partial charge in [-0.15, -0.1) is 0 Å². The fourth-order valence-corrected chi connectivity index (χ4v) is 3.32. The summed E-state index contributed by atoms with van der Waals surface area (Å²) in [4.78, 5) is 22.7. The number of hydrogen-bond donors (Lipinski definition) is 1. The zero-order valence-corrected chi connectivity index (χ0v) is 14.7. The maximum Gasteiger partial charge on any atom is 0.258 e. The molecule has 0 fully saturated rings. The number of amides is 1. The van der Waals surface area contributed by atoms with E-state index in [-0.39, 0.29) is 29.4 Å². The molecule has 1 unspecified atom stereocenters. The molecular weight excluding hydrogens is 354 g/mol. The number of nitrogens with two attached hydrogens (primary N) is 1. The van der Waals surface area contributed by atoms with Crippen molar-refractivity contribution in [3.05, 3.63) is 64.5 Å². The number of carbonyl (C=O) groups is 1. The number of aryl methyl sites for hydroxylation is 1. The summed E-state index contributed by atoms with van der Waals surface area (Å²) in [5, 5.41) is 0. The van der Waals surface area contributed by atoms with Crippen LogP contribution < -0.4 is 5.73 Å². The fourth-order valence-electron chi connectivity index (χ4n) is 3.32. The Morgan fingerprint density at radius 2 is 2.00 bits per heavy atom. The Balaban J connectivity index is 1.82. The zero-order valence-electron chi connectivity index (χ0n) is 14.7. The Bertz CT molecular complexity index is 1060. The molecule has 138 valence electrons. The second kappa shape index (κ2) is 6.15. The minimum atomic E-state index is -0.673. The number of furan rings is 1. The summed E-state index contributed by atoms with van der Waals surface area (Å²) in [5.74, 6) is -0.567. The van der Waals surface area contributed by atoms with Crippen LogP contribution >= 0.6 is 0 Å². The summed E-state index contributed by atoms with van der Waals surface area (Å²) in [5.41, 5.74) is 7.13. The van der Waals surface area contributed by atoms with E-state index >= 15 is 0 Å². The third kappa shape index (κ3) is 2.83. The van der Waals surface area contributed by atoms with Crippen LogP contribution in [0, 0.1) is 18.6 Å². The van der Waals surface area contributed by atoms with Crippen molar-refractivity contribution in [1.29, 1.82) is 0 Å². The van der Waals surface area contributed by atoms with E-state index in [4.69, 9.17) is 10.2 Å². The molecule has 2 aromatic heterocycles. The number of anilines is 1. The van der Waals surface area contributed by atoms with Gasteiger partial charge in [-0.1, -0.05) is 6.07 Å². The van der Waals surface area contributed by atoms with Gasteiger partial charge in [0.15, 0.2) is 5.76 Å². The van der Waals surface area contributed by atoms with E-state index in [0.29, 0.717) is 22.9 Å². The second-order valence-corrected chi connectivity index (χ2v) is 6.47. The first-order valence-corrected chi connectivity index (χ1v) is 8.30. The molecule has 8 heteroatoms. The van der Waals surface area contributed by atoms with Crippen molar-refractivity contribution in [2.75, 3.05) is 12.8 Å². The first-order chi connectivity index (χ1) is 12.8. The van der Waals surface area contributed by atoms with Crippen molar-refractivity contribution in [2.45, 2.75) is 19.4 Å². The lowest BCUT2D eigenvalue weighted by atomic mass is 10.0. The number of halogens is 2. The predicted octanol–water partition coefficient (Wildman–Crippen LogP) is 3.27. The van der Waals surface area contributed by atoms with E-state index < -0.39 is 17.7 Å². The molecule has 4 rings (SSSR count). The Morgan fingerprint density at radius 3 is 2.67 bits per heavy atom. The summed E-state index contributed by atoms with van der Waals surface area (Å²) in [6, 6.07) is 6.28. The van der Waals surface area contributed by atoms with E-state index in [9.17, 15) is 13.6 Å². The first kappa shape index (κ1) is 17.1. The Labute approximate surface area is 153 Å². The standard InChI is InChI=1S/C19H16F2N4O2/c1-9-3-6-14(27-9)17-15-16(23-19(22)24-17)13(25(2)18(15)26)7-10-4-5-11(20)8-12(10)21/h3-6,8,13H,7H2,1-2H3,(H2,22,23,24). The van der Waals surface area contributed by atoms with Gasteiger partial charge in [-0.05, 0) is 30.7 Å². The molecule has 0 saturated carbocycles. The summed E-state index contributed by atoms with van der Waals surface area (Å²) >= 11 is 0. The summed E-state index contributed by atoms with van der Waals surface area (Å²) in [6.07, 6.45) is 0.133. The van der Waals surface area contributed by atoms with Crippen LogP contribution in [0.15, 0.2) is 34.7 Å². The van der Waals surface area contributed by atoms with Crippen molar-refractivity contribution in [1.82, 2.24) is 14.9 Å². The summed E-state index contributed by atoms with van der Waals surface area (Å²) in [7, 11) is 1.60. The van der Waals surface area contributed by atoms with Crippen LogP contribution in [0.3, 0.4) is 0 Å². The van der Waals surface area contributed by atoms with Crippen LogP contribution in [-0.4, -0.2) is 27.8 Å². The van der Waals surface area contributed by atoms with Gasteiger partial charge in [0.1, 0.15) is 23.1 Å². The molecule has 3 aromatic rings. The molecule has 1 aromatic carbocycles. The highest BCUT2D eigenvalue weighted by molar-refractivity contribution is 6.03. The first-order valence-electron chi connectivity index (χ1n) is 8.30. The van der Waals surface area contributed by atoms with Gasteiger partial charge in [-0.2, -0.15) is 0 Å². The number of aromatic nitrogens is 2. The number of rotatable bonds is 3. The highest BCUT2D eigenvalue weighted by Gasteiger charge is 2.40. The molecule has 0 bridgehead atoms. The Kier molecular flexibility index (Phi) is 3.91. The lowest BCUT2D eigenvalue weighted by molar-refractivity contribution is 0.0772. The molecule has 6 nitrogen and oxygen atoms in total. The smallest absolute Gasteiger partial charge is 0.258 e. The topological polar surface area (TPSA) is 85.2 Å². The van der Waals surface area contributed by atoms with Gasteiger partial charge in [0.25, 0.3) is 5.91 Å². The molecule has 3 heterocycles. The molecular formula is C19H16F2N4O2. The molecule has 1 atom stereocenters. The number of benzene rings is 1. The van der Waals surface area contributed by atoms with Gasteiger partial charge >= 0.3 is 0 Å². The van der Waals surface area contributed by atoms with Crippen LogP contribution in [0.5, 0.6) is 0 Å². The van der Waals surface area contributed by atoms with Gasteiger partial charge in [0, 0.05) is 19.5 Å². The van der Waals surface area contributed by atoms with E-state index in [1.165, 1.54) is 17.0 Å². The summed E-state index contributed by atoms with van der Waals surface area (Å²) in [6.45, 7) is 1.78. The molecule has 1 amide bonds. The lowest BCUT2D eigenvalue weighted by Gasteiger charge is -2.20. The van der Waals surface area contributed by atoms with Crippen molar-refractivity contribution in [3.63, 3.8) is 0 Å². The fraction of sp³-hybridized carbons (Fsp3) is 0.211. The number of nitrogen functional groups attached to an aromatic ring is 1. The van der Waals surface area contributed by atoms with Crippen LogP contribution in [-0.2, 0) is 6.42 Å². The maximum absolute atomic E-state index is 14.1. The Hall–Kier alpha value is -3.29. The van der Waals surface area contributed by atoms with Crippen LogP contribution in [0.25, 0.3) is 11.5 Å². The number of nitrogens with zero attached hydrogens (tertiary/aromatic N) is 3. The SMILES string of the molecule is Cc1ccc(-c2nc(N)nc3c2C(=O)N(C)C3Cc2ccc(F)cc2F)o1. The van der Waals surface area contributed by atoms with Crippen molar-refractivity contribution in [3.8, 4) is 11.5 Å². The van der Waals surface area contributed by atoms with Crippen molar-refractivity contribution in [2.24, 2.45) is 0 Å². The molecule has 0 saturated heterocycles. The summed E-state index contributed by atoms with van der Waals surface area (Å²) < 4.78 is 32.9. The van der Waals surface area contributed by atoms with E-state index in [1.54, 1.807) is 26.1 Å². The molecule has 1 aliphatic heterocycles. The third-order valence-corrected chi connectivity index (χ3v) is 4.67. The van der Waals surface area contributed by atoms with Gasteiger partial charge in [-0.3, -0.25) is 4.79 Å². The van der Waals surface area contributed by atoms with Gasteiger partial charge in [-0.25, -0.2) is 18.7 Å². The molecule has 27 heavy (non-hydrogen) atoms. The number of hydrogen-bond acceptors (Lipinski definition) is 5. The van der Waals surface area contributed by atoms with E-state index in [1.807, 2.05) is 0 Å². The lowest BCUT2D eigenvalue weighted by Crippen LogP contribution is -2.25. The quantitative estimate of drug-likeness (QED) is 0.765. The second-order valence-electron chi connectivity index (χ2n) is 6.47. The highest BCUT2D eigenvalue weighted by atomic mass is 19.1. The average molecular weight is 370 g/mol. The van der Waals surface area contributed by atoms with E-state index in [2.05, 4.69) is 9.97 Å². The monoisotopic (exact) mass is 370 g/mol. The van der Waals surface area contributed by atoms with Gasteiger partial charge < -0.3 is 15.1 Å². The van der Waals surface area contributed by atoms with Crippen LogP contribution in [0.4, 0.5) is 14.7 Å². The number of fused-ring (bicyclic) bond motifs is 1. The molecule has 1 aliphatic rings. The number of carbonyl (C=O) groups excluding carboxylic acids is 1. The largest absolute Gasteiger partial charge is 0.460 e. The number of likely N-dealkylation sites (N-methyl/N-ethyl adjacent to an activating group) is 1. The Morgan fingerprint density at radius 1 is 1.22 bits per heavy atom. The third-order valence-electron chi connectivity index (χ3n) is 4.67. The molecule has 0 radical (unpaired) electrons. The minimum Gasteiger partial charge on any atom is -0.460 e. The van der Waals surface area contributed by atoms with Gasteiger partial charge in [0.2, 0.25) is 5.95 Å². The van der Waals surface area contributed by atoms with Crippen molar-refractivity contribution >= 4 is 11.9 Å². The normalized spacial score (nSPS) is 16.1. The maximum atomic E-state index is 14.1. The minimum absolute atomic E-state index is 0.00881. The highest BCUT2D eigenvalue weighted by Crippen LogP contribution is 2.39. The molecule has 0 aliphatic carbocycles.